The Hall–Kier alpha value is -2.64. The van der Waals surface area contributed by atoms with Gasteiger partial charge in [-0.25, -0.2) is 0 Å². The van der Waals surface area contributed by atoms with Crippen molar-refractivity contribution in [2.45, 2.75) is 13.8 Å². The summed E-state index contributed by atoms with van der Waals surface area (Å²) in [6, 6.07) is 10.6. The first-order valence-corrected chi connectivity index (χ1v) is 9.50. The Bertz CT molecular complexity index is 895. The van der Waals surface area contributed by atoms with E-state index in [-0.39, 0.29) is 23.2 Å². The lowest BCUT2D eigenvalue weighted by Crippen LogP contribution is -2.48. The van der Waals surface area contributed by atoms with Crippen LogP contribution in [0.3, 0.4) is 0 Å². The first-order valence-electron chi connectivity index (χ1n) is 9.12. The first kappa shape index (κ1) is 20.1. The van der Waals surface area contributed by atoms with Crippen molar-refractivity contribution < 1.29 is 9.72 Å². The second-order valence-corrected chi connectivity index (χ2v) is 7.36. The maximum atomic E-state index is 12.3. The number of aryl methyl sites for hydroxylation is 1. The van der Waals surface area contributed by atoms with Crippen LogP contribution >= 0.6 is 11.6 Å². The molecule has 1 N–H and O–H groups in total. The average molecular weight is 403 g/mol. The third-order valence-electron chi connectivity index (χ3n) is 5.08. The van der Waals surface area contributed by atoms with Crippen LogP contribution in [0.15, 0.2) is 36.4 Å². The molecule has 0 atom stereocenters. The standard InChI is InChI=1S/C20H23ClN4O3/c1-14-4-3-5-18(15(14)2)24-10-8-23(9-11-24)13-20(26)22-16-6-7-17(21)19(12-16)25(27)28/h3-7,12H,8-11,13H2,1-2H3,(H,22,26). The molecule has 1 fully saturated rings. The molecule has 0 aliphatic carbocycles. The fraction of sp³-hybridized carbons (Fsp3) is 0.350. The third kappa shape index (κ3) is 4.61. The molecule has 2 aromatic rings. The van der Waals surface area contributed by atoms with E-state index >= 15 is 0 Å². The second kappa shape index (κ2) is 8.58. The first-order chi connectivity index (χ1) is 13.3. The van der Waals surface area contributed by atoms with Gasteiger partial charge in [0.05, 0.1) is 11.5 Å². The number of nitro groups is 1. The fourth-order valence-electron chi connectivity index (χ4n) is 3.36. The molecule has 3 rings (SSSR count). The number of hydrogen-bond acceptors (Lipinski definition) is 5. The molecular formula is C20H23ClN4O3. The van der Waals surface area contributed by atoms with Crippen molar-refractivity contribution in [2.75, 3.05) is 42.9 Å². The van der Waals surface area contributed by atoms with Gasteiger partial charge in [0.25, 0.3) is 5.69 Å². The van der Waals surface area contributed by atoms with Gasteiger partial charge in [-0.2, -0.15) is 0 Å². The zero-order chi connectivity index (χ0) is 20.3. The molecule has 1 aliphatic rings. The molecule has 0 radical (unpaired) electrons. The smallest absolute Gasteiger partial charge is 0.289 e. The minimum Gasteiger partial charge on any atom is -0.369 e. The molecule has 1 heterocycles. The number of nitrogens with one attached hydrogen (secondary N) is 1. The molecule has 1 amide bonds. The maximum absolute atomic E-state index is 12.3. The normalized spacial score (nSPS) is 14.8. The van der Waals surface area contributed by atoms with Crippen LogP contribution in [-0.2, 0) is 4.79 Å². The number of nitro benzene ring substituents is 1. The quantitative estimate of drug-likeness (QED) is 0.610. The summed E-state index contributed by atoms with van der Waals surface area (Å²) in [4.78, 5) is 27.2. The van der Waals surface area contributed by atoms with Crippen LogP contribution in [0, 0.1) is 24.0 Å². The molecule has 28 heavy (non-hydrogen) atoms. The van der Waals surface area contributed by atoms with Gasteiger partial charge in [-0.1, -0.05) is 23.7 Å². The summed E-state index contributed by atoms with van der Waals surface area (Å²) >= 11 is 5.80. The van der Waals surface area contributed by atoms with Gasteiger partial charge in [-0.15, -0.1) is 0 Å². The highest BCUT2D eigenvalue weighted by atomic mass is 35.5. The highest BCUT2D eigenvalue weighted by Gasteiger charge is 2.21. The summed E-state index contributed by atoms with van der Waals surface area (Å²) in [7, 11) is 0. The van der Waals surface area contributed by atoms with E-state index in [1.54, 1.807) is 6.07 Å². The van der Waals surface area contributed by atoms with E-state index in [0.717, 1.165) is 26.2 Å². The summed E-state index contributed by atoms with van der Waals surface area (Å²) in [6.45, 7) is 7.75. The van der Waals surface area contributed by atoms with Gasteiger partial charge in [0.1, 0.15) is 5.02 Å². The van der Waals surface area contributed by atoms with Crippen molar-refractivity contribution in [3.8, 4) is 0 Å². The Morgan fingerprint density at radius 3 is 2.57 bits per heavy atom. The number of rotatable bonds is 5. The third-order valence-corrected chi connectivity index (χ3v) is 5.40. The predicted molar refractivity (Wildman–Crippen MR) is 111 cm³/mol. The number of carbonyl (C=O) groups is 1. The Kier molecular flexibility index (Phi) is 6.16. The zero-order valence-corrected chi connectivity index (χ0v) is 16.7. The Labute approximate surface area is 169 Å². The van der Waals surface area contributed by atoms with Crippen LogP contribution in [0.1, 0.15) is 11.1 Å². The lowest BCUT2D eigenvalue weighted by molar-refractivity contribution is -0.384. The topological polar surface area (TPSA) is 78.7 Å². The van der Waals surface area contributed by atoms with Gasteiger partial charge in [-0.05, 0) is 43.2 Å². The summed E-state index contributed by atoms with van der Waals surface area (Å²) in [5.41, 5.74) is 3.96. The van der Waals surface area contributed by atoms with Crippen molar-refractivity contribution in [3.63, 3.8) is 0 Å². The summed E-state index contributed by atoms with van der Waals surface area (Å²) in [5, 5.41) is 13.7. The van der Waals surface area contributed by atoms with Crippen LogP contribution in [0.25, 0.3) is 0 Å². The number of anilines is 2. The molecule has 1 aliphatic heterocycles. The minimum atomic E-state index is -0.565. The van der Waals surface area contributed by atoms with E-state index in [1.165, 1.54) is 28.9 Å². The number of piperazine rings is 1. The van der Waals surface area contributed by atoms with E-state index in [0.29, 0.717) is 5.69 Å². The van der Waals surface area contributed by atoms with E-state index in [4.69, 9.17) is 11.6 Å². The largest absolute Gasteiger partial charge is 0.369 e. The van der Waals surface area contributed by atoms with Crippen LogP contribution < -0.4 is 10.2 Å². The highest BCUT2D eigenvalue weighted by molar-refractivity contribution is 6.32. The molecule has 148 valence electrons. The molecular weight excluding hydrogens is 380 g/mol. The lowest BCUT2D eigenvalue weighted by atomic mass is 10.1. The van der Waals surface area contributed by atoms with Crippen LogP contribution in [0.2, 0.25) is 5.02 Å². The number of nitrogens with zero attached hydrogens (tertiary/aromatic N) is 3. The molecule has 0 spiro atoms. The second-order valence-electron chi connectivity index (χ2n) is 6.95. The van der Waals surface area contributed by atoms with E-state index in [1.807, 2.05) is 0 Å². The van der Waals surface area contributed by atoms with Crippen molar-refractivity contribution in [1.29, 1.82) is 0 Å². The Morgan fingerprint density at radius 2 is 1.89 bits per heavy atom. The maximum Gasteiger partial charge on any atom is 0.289 e. The molecule has 0 unspecified atom stereocenters. The number of halogens is 1. The highest BCUT2D eigenvalue weighted by Crippen LogP contribution is 2.27. The average Bonchev–Trinajstić information content (AvgIpc) is 2.66. The molecule has 8 heteroatoms. The van der Waals surface area contributed by atoms with Crippen LogP contribution in [0.5, 0.6) is 0 Å². The van der Waals surface area contributed by atoms with Gasteiger partial charge < -0.3 is 10.2 Å². The van der Waals surface area contributed by atoms with Gasteiger partial charge in [0.15, 0.2) is 0 Å². The number of amides is 1. The summed E-state index contributed by atoms with van der Waals surface area (Å²) in [5.74, 6) is -0.197. The van der Waals surface area contributed by atoms with E-state index < -0.39 is 4.92 Å². The van der Waals surface area contributed by atoms with Gasteiger partial charge in [0, 0.05) is 43.6 Å². The van der Waals surface area contributed by atoms with Crippen molar-refractivity contribution in [1.82, 2.24) is 4.90 Å². The SMILES string of the molecule is Cc1cccc(N2CCN(CC(=O)Nc3ccc(Cl)c([N+](=O)[O-])c3)CC2)c1C. The van der Waals surface area contributed by atoms with Crippen molar-refractivity contribution >= 4 is 34.6 Å². The molecule has 2 aromatic carbocycles. The van der Waals surface area contributed by atoms with Crippen molar-refractivity contribution in [2.24, 2.45) is 0 Å². The number of hydrogen-bond donors (Lipinski definition) is 1. The minimum absolute atomic E-state index is 0.0468. The molecule has 1 saturated heterocycles. The van der Waals surface area contributed by atoms with Gasteiger partial charge >= 0.3 is 0 Å². The molecule has 0 aromatic heterocycles. The summed E-state index contributed by atoms with van der Waals surface area (Å²) in [6.07, 6.45) is 0. The summed E-state index contributed by atoms with van der Waals surface area (Å²) < 4.78 is 0. The van der Waals surface area contributed by atoms with E-state index in [2.05, 4.69) is 47.2 Å². The van der Waals surface area contributed by atoms with Crippen LogP contribution in [-0.4, -0.2) is 48.5 Å². The monoisotopic (exact) mass is 402 g/mol. The van der Waals surface area contributed by atoms with Crippen LogP contribution in [0.4, 0.5) is 17.1 Å². The zero-order valence-electron chi connectivity index (χ0n) is 15.9. The fourth-order valence-corrected chi connectivity index (χ4v) is 3.55. The number of carbonyl (C=O) groups excluding carboxylic acids is 1. The van der Waals surface area contributed by atoms with Gasteiger partial charge in [0.2, 0.25) is 5.91 Å². The lowest BCUT2D eigenvalue weighted by Gasteiger charge is -2.36. The predicted octanol–water partition coefficient (Wildman–Crippen LogP) is 3.63. The number of benzene rings is 2. The molecule has 0 saturated carbocycles. The van der Waals surface area contributed by atoms with Crippen molar-refractivity contribution in [3.05, 3.63) is 62.7 Å². The van der Waals surface area contributed by atoms with E-state index in [9.17, 15) is 14.9 Å². The van der Waals surface area contributed by atoms with Gasteiger partial charge in [-0.3, -0.25) is 19.8 Å². The molecule has 7 nitrogen and oxygen atoms in total. The molecule has 0 bridgehead atoms. The Morgan fingerprint density at radius 1 is 1.18 bits per heavy atom. The Balaban J connectivity index is 1.55.